The molecule has 1 aliphatic rings. The lowest BCUT2D eigenvalue weighted by molar-refractivity contribution is -0.113. The Labute approximate surface area is 135 Å². The van der Waals surface area contributed by atoms with E-state index in [0.717, 1.165) is 17.7 Å². The molecule has 6 nitrogen and oxygen atoms in total. The summed E-state index contributed by atoms with van der Waals surface area (Å²) in [4.78, 5) is 23.5. The molecule has 1 aromatic heterocycles. The zero-order valence-corrected chi connectivity index (χ0v) is 13.9. The third-order valence-electron chi connectivity index (χ3n) is 3.66. The maximum Gasteiger partial charge on any atom is 0.435 e. The van der Waals surface area contributed by atoms with Crippen LogP contribution in [0.25, 0.3) is 0 Å². The molecule has 1 atom stereocenters. The molecule has 23 heavy (non-hydrogen) atoms. The van der Waals surface area contributed by atoms with Crippen LogP contribution in [0.1, 0.15) is 45.4 Å². The zero-order valence-electron chi connectivity index (χ0n) is 13.9. The topological polar surface area (TPSA) is 85.0 Å². The molecule has 0 saturated heterocycles. The summed E-state index contributed by atoms with van der Waals surface area (Å²) in [6.07, 6.45) is 5.01. The van der Waals surface area contributed by atoms with Crippen LogP contribution in [0.2, 0.25) is 0 Å². The minimum absolute atomic E-state index is 0.109. The van der Waals surface area contributed by atoms with Crippen molar-refractivity contribution < 1.29 is 14.3 Å². The van der Waals surface area contributed by atoms with Crippen molar-refractivity contribution in [3.05, 3.63) is 29.1 Å². The van der Waals surface area contributed by atoms with E-state index in [4.69, 9.17) is 10.00 Å². The SMILES string of the molecule is CC(=O)C(C#N)=CC1CCc2c(cnn2C(=O)OC(C)(C)C)C1. The van der Waals surface area contributed by atoms with Gasteiger partial charge < -0.3 is 4.74 Å². The van der Waals surface area contributed by atoms with Gasteiger partial charge in [-0.3, -0.25) is 4.79 Å². The maximum atomic E-state index is 12.2. The van der Waals surface area contributed by atoms with Crippen molar-refractivity contribution in [3.63, 3.8) is 0 Å². The Bertz CT molecular complexity index is 702. The predicted octanol–water partition coefficient (Wildman–Crippen LogP) is 2.81. The molecule has 1 aliphatic carbocycles. The number of fused-ring (bicyclic) bond motifs is 1. The number of nitrogens with zero attached hydrogens (tertiary/aromatic N) is 3. The number of ketones is 1. The van der Waals surface area contributed by atoms with Gasteiger partial charge >= 0.3 is 6.09 Å². The molecule has 0 spiro atoms. The quantitative estimate of drug-likeness (QED) is 0.619. The van der Waals surface area contributed by atoms with E-state index in [1.165, 1.54) is 11.6 Å². The molecule has 0 amide bonds. The first kappa shape index (κ1) is 16.9. The molecule has 0 fully saturated rings. The van der Waals surface area contributed by atoms with Crippen LogP contribution in [0.5, 0.6) is 0 Å². The molecular weight excluding hydrogens is 294 g/mol. The number of rotatable bonds is 2. The Kier molecular flexibility index (Phi) is 4.69. The Balaban J connectivity index is 2.18. The molecule has 122 valence electrons. The van der Waals surface area contributed by atoms with E-state index in [1.54, 1.807) is 12.3 Å². The summed E-state index contributed by atoms with van der Waals surface area (Å²) >= 11 is 0. The summed E-state index contributed by atoms with van der Waals surface area (Å²) in [7, 11) is 0. The van der Waals surface area contributed by atoms with Crippen LogP contribution in [-0.2, 0) is 22.4 Å². The zero-order chi connectivity index (χ0) is 17.2. The number of carbonyl (C=O) groups is 2. The highest BCUT2D eigenvalue weighted by atomic mass is 16.6. The van der Waals surface area contributed by atoms with Gasteiger partial charge in [-0.05, 0) is 58.4 Å². The Morgan fingerprint density at radius 3 is 2.74 bits per heavy atom. The average Bonchev–Trinajstić information content (AvgIpc) is 2.85. The second-order valence-corrected chi connectivity index (χ2v) is 6.76. The van der Waals surface area contributed by atoms with Crippen LogP contribution < -0.4 is 0 Å². The first-order valence-corrected chi connectivity index (χ1v) is 7.63. The predicted molar refractivity (Wildman–Crippen MR) is 83.8 cm³/mol. The summed E-state index contributed by atoms with van der Waals surface area (Å²) < 4.78 is 6.67. The summed E-state index contributed by atoms with van der Waals surface area (Å²) in [5.74, 6) is -0.111. The van der Waals surface area contributed by atoms with Crippen molar-refractivity contribution in [3.8, 4) is 6.07 Å². The van der Waals surface area contributed by atoms with E-state index >= 15 is 0 Å². The number of carbonyl (C=O) groups excluding carboxylic acids is 2. The standard InChI is InChI=1S/C17H21N3O3/c1-11(21)13(9-18)7-12-5-6-15-14(8-12)10-19-20(15)16(22)23-17(2,3)4/h7,10,12H,5-6,8H2,1-4H3. The molecule has 0 radical (unpaired) electrons. The normalized spacial score (nSPS) is 18.0. The van der Waals surface area contributed by atoms with E-state index in [2.05, 4.69) is 5.10 Å². The van der Waals surface area contributed by atoms with Gasteiger partial charge in [-0.25, -0.2) is 4.79 Å². The number of hydrogen-bond donors (Lipinski definition) is 0. The molecule has 0 aromatic carbocycles. The van der Waals surface area contributed by atoms with Gasteiger partial charge in [0.25, 0.3) is 0 Å². The highest BCUT2D eigenvalue weighted by molar-refractivity contribution is 5.97. The number of nitriles is 1. The van der Waals surface area contributed by atoms with Crippen molar-refractivity contribution in [1.82, 2.24) is 9.78 Å². The first-order chi connectivity index (χ1) is 10.7. The number of Topliss-reactive ketones (excluding diaryl/α,β-unsaturated/α-hetero) is 1. The fourth-order valence-corrected chi connectivity index (χ4v) is 2.63. The number of hydrogen-bond acceptors (Lipinski definition) is 5. The largest absolute Gasteiger partial charge is 0.442 e. The van der Waals surface area contributed by atoms with Crippen molar-refractivity contribution in [1.29, 1.82) is 5.26 Å². The smallest absolute Gasteiger partial charge is 0.435 e. The van der Waals surface area contributed by atoms with Crippen LogP contribution in [-0.4, -0.2) is 27.3 Å². The summed E-state index contributed by atoms with van der Waals surface area (Å²) in [6, 6.07) is 1.94. The second-order valence-electron chi connectivity index (χ2n) is 6.76. The van der Waals surface area contributed by atoms with Crippen LogP contribution in [0.4, 0.5) is 4.79 Å². The average molecular weight is 315 g/mol. The molecule has 6 heteroatoms. The van der Waals surface area contributed by atoms with Crippen LogP contribution in [0.15, 0.2) is 17.8 Å². The van der Waals surface area contributed by atoms with Crippen molar-refractivity contribution in [2.45, 2.75) is 52.6 Å². The fourth-order valence-electron chi connectivity index (χ4n) is 2.63. The van der Waals surface area contributed by atoms with Gasteiger partial charge in [-0.15, -0.1) is 0 Å². The number of allylic oxidation sites excluding steroid dienone is 2. The van der Waals surface area contributed by atoms with Crippen molar-refractivity contribution >= 4 is 11.9 Å². The minimum atomic E-state index is -0.570. The Morgan fingerprint density at radius 2 is 2.17 bits per heavy atom. The summed E-state index contributed by atoms with van der Waals surface area (Å²) in [6.45, 7) is 6.83. The summed E-state index contributed by atoms with van der Waals surface area (Å²) in [5, 5.41) is 13.1. The molecule has 1 aromatic rings. The molecule has 0 aliphatic heterocycles. The van der Waals surface area contributed by atoms with Gasteiger partial charge in [0.15, 0.2) is 5.78 Å². The molecule has 1 unspecified atom stereocenters. The van der Waals surface area contributed by atoms with E-state index in [0.29, 0.717) is 12.8 Å². The summed E-state index contributed by atoms with van der Waals surface area (Å²) in [5.41, 5.74) is 1.44. The molecule has 0 N–H and O–H groups in total. The number of aromatic nitrogens is 2. The lowest BCUT2D eigenvalue weighted by atomic mass is 9.86. The monoisotopic (exact) mass is 315 g/mol. The van der Waals surface area contributed by atoms with E-state index in [9.17, 15) is 9.59 Å². The van der Waals surface area contributed by atoms with Crippen LogP contribution in [0, 0.1) is 17.2 Å². The molecule has 0 saturated carbocycles. The molecule has 1 heterocycles. The second kappa shape index (κ2) is 6.37. The molecular formula is C17H21N3O3. The van der Waals surface area contributed by atoms with E-state index in [-0.39, 0.29) is 17.3 Å². The highest BCUT2D eigenvalue weighted by Crippen LogP contribution is 2.27. The fraction of sp³-hybridized carbons (Fsp3) is 0.529. The first-order valence-electron chi connectivity index (χ1n) is 7.63. The van der Waals surface area contributed by atoms with E-state index in [1.807, 2.05) is 26.8 Å². The third-order valence-corrected chi connectivity index (χ3v) is 3.66. The third kappa shape index (κ3) is 4.07. The van der Waals surface area contributed by atoms with Gasteiger partial charge in [0, 0.05) is 0 Å². The lowest BCUT2D eigenvalue weighted by Gasteiger charge is -2.22. The van der Waals surface area contributed by atoms with Gasteiger partial charge in [-0.1, -0.05) is 6.08 Å². The maximum absolute atomic E-state index is 12.2. The van der Waals surface area contributed by atoms with Gasteiger partial charge in [0.1, 0.15) is 11.7 Å². The molecule has 2 rings (SSSR count). The highest BCUT2D eigenvalue weighted by Gasteiger charge is 2.27. The van der Waals surface area contributed by atoms with Crippen molar-refractivity contribution in [2.24, 2.45) is 5.92 Å². The van der Waals surface area contributed by atoms with E-state index < -0.39 is 11.7 Å². The van der Waals surface area contributed by atoms with Crippen LogP contribution >= 0.6 is 0 Å². The van der Waals surface area contributed by atoms with Crippen LogP contribution in [0.3, 0.4) is 0 Å². The van der Waals surface area contributed by atoms with Crippen molar-refractivity contribution in [2.75, 3.05) is 0 Å². The van der Waals surface area contributed by atoms with Gasteiger partial charge in [0.2, 0.25) is 0 Å². The lowest BCUT2D eigenvalue weighted by Crippen LogP contribution is -2.29. The van der Waals surface area contributed by atoms with Gasteiger partial charge in [-0.2, -0.15) is 15.0 Å². The Hall–Kier alpha value is -2.42. The van der Waals surface area contributed by atoms with Gasteiger partial charge in [0.05, 0.1) is 17.5 Å². The number of ether oxygens (including phenoxy) is 1. The molecule has 0 bridgehead atoms. The minimum Gasteiger partial charge on any atom is -0.442 e. The Morgan fingerprint density at radius 1 is 1.48 bits per heavy atom.